The number of nitrogens with one attached hydrogen (secondary N) is 2. The third-order valence-corrected chi connectivity index (χ3v) is 3.74. The van der Waals surface area contributed by atoms with Crippen molar-refractivity contribution in [2.75, 3.05) is 40.0 Å². The molecule has 0 aromatic rings. The number of ether oxygens (including phenoxy) is 2. The third-order valence-electron chi connectivity index (χ3n) is 3.74. The van der Waals surface area contributed by atoms with E-state index in [1.165, 1.54) is 0 Å². The number of hydrogen-bond donors (Lipinski definition) is 2. The highest BCUT2D eigenvalue weighted by Crippen LogP contribution is 2.21. The van der Waals surface area contributed by atoms with Crippen LogP contribution in [-0.4, -0.2) is 51.5 Å². The summed E-state index contributed by atoms with van der Waals surface area (Å²) in [5.74, 6) is 0.621. The van der Waals surface area contributed by atoms with Crippen LogP contribution in [0.5, 0.6) is 0 Å². The van der Waals surface area contributed by atoms with Gasteiger partial charge in [-0.2, -0.15) is 0 Å². The zero-order valence-corrected chi connectivity index (χ0v) is 10.5. The fraction of sp³-hybridized carbons (Fsp3) is 0.917. The molecular weight excluding hydrogens is 220 g/mol. The van der Waals surface area contributed by atoms with Crippen LogP contribution >= 0.6 is 0 Å². The Labute approximate surface area is 102 Å². The fourth-order valence-electron chi connectivity index (χ4n) is 2.44. The predicted octanol–water partition coefficient (Wildman–Crippen LogP) is -0.0923. The molecule has 2 saturated heterocycles. The summed E-state index contributed by atoms with van der Waals surface area (Å²) >= 11 is 0. The molecule has 5 heteroatoms. The molecule has 2 rings (SSSR count). The summed E-state index contributed by atoms with van der Waals surface area (Å²) in [7, 11) is 1.68. The van der Waals surface area contributed by atoms with Gasteiger partial charge in [-0.1, -0.05) is 0 Å². The molecule has 2 N–H and O–H groups in total. The molecule has 17 heavy (non-hydrogen) atoms. The molecule has 0 radical (unpaired) electrons. The average Bonchev–Trinajstić information content (AvgIpc) is 2.98. The van der Waals surface area contributed by atoms with Gasteiger partial charge in [0, 0.05) is 33.1 Å². The quantitative estimate of drug-likeness (QED) is 0.707. The molecule has 1 amide bonds. The van der Waals surface area contributed by atoms with Crippen LogP contribution in [0, 0.1) is 5.92 Å². The van der Waals surface area contributed by atoms with Crippen molar-refractivity contribution in [3.05, 3.63) is 0 Å². The van der Waals surface area contributed by atoms with Gasteiger partial charge in [-0.3, -0.25) is 4.79 Å². The van der Waals surface area contributed by atoms with Crippen LogP contribution in [0.15, 0.2) is 0 Å². The molecule has 2 unspecified atom stereocenters. The summed E-state index contributed by atoms with van der Waals surface area (Å²) in [5.41, 5.74) is -0.302. The van der Waals surface area contributed by atoms with Crippen molar-refractivity contribution in [2.24, 2.45) is 5.92 Å². The van der Waals surface area contributed by atoms with Gasteiger partial charge in [-0.15, -0.1) is 0 Å². The van der Waals surface area contributed by atoms with E-state index in [-0.39, 0.29) is 11.5 Å². The average molecular weight is 242 g/mol. The van der Waals surface area contributed by atoms with Gasteiger partial charge in [0.2, 0.25) is 5.91 Å². The molecule has 2 heterocycles. The van der Waals surface area contributed by atoms with E-state index in [4.69, 9.17) is 9.47 Å². The Balaban J connectivity index is 1.71. The van der Waals surface area contributed by atoms with Gasteiger partial charge >= 0.3 is 0 Å². The second-order valence-corrected chi connectivity index (χ2v) is 5.03. The van der Waals surface area contributed by atoms with Crippen molar-refractivity contribution in [1.82, 2.24) is 10.6 Å². The molecule has 0 saturated carbocycles. The highest BCUT2D eigenvalue weighted by molar-refractivity contribution is 5.76. The van der Waals surface area contributed by atoms with Crippen LogP contribution < -0.4 is 10.6 Å². The van der Waals surface area contributed by atoms with Gasteiger partial charge in [0.25, 0.3) is 0 Å². The second kappa shape index (κ2) is 5.80. The molecule has 0 bridgehead atoms. The Morgan fingerprint density at radius 3 is 3.12 bits per heavy atom. The molecular formula is C12H22N2O3. The zero-order valence-electron chi connectivity index (χ0n) is 10.5. The smallest absolute Gasteiger partial charge is 0.220 e. The number of carbonyl (C=O) groups excluding carboxylic acids is 1. The summed E-state index contributed by atoms with van der Waals surface area (Å²) < 4.78 is 10.8. The Hall–Kier alpha value is -0.650. The summed E-state index contributed by atoms with van der Waals surface area (Å²) in [5, 5.41) is 6.24. The topological polar surface area (TPSA) is 59.6 Å². The van der Waals surface area contributed by atoms with E-state index in [0.717, 1.165) is 32.5 Å². The predicted molar refractivity (Wildman–Crippen MR) is 63.8 cm³/mol. The van der Waals surface area contributed by atoms with Crippen LogP contribution in [0.3, 0.4) is 0 Å². The maximum atomic E-state index is 11.8. The van der Waals surface area contributed by atoms with Crippen LogP contribution in [0.1, 0.15) is 19.3 Å². The molecule has 2 aliphatic rings. The first-order valence-electron chi connectivity index (χ1n) is 6.34. The molecule has 0 aliphatic carbocycles. The van der Waals surface area contributed by atoms with Gasteiger partial charge in [0.05, 0.1) is 6.61 Å². The molecule has 0 aromatic heterocycles. The van der Waals surface area contributed by atoms with Crippen LogP contribution in [0.25, 0.3) is 0 Å². The van der Waals surface area contributed by atoms with Crippen LogP contribution in [0.2, 0.25) is 0 Å². The minimum atomic E-state index is -0.302. The van der Waals surface area contributed by atoms with E-state index in [0.29, 0.717) is 25.5 Å². The number of methoxy groups -OCH3 is 1. The lowest BCUT2D eigenvalue weighted by molar-refractivity contribution is -0.123. The Bertz CT molecular complexity index is 258. The second-order valence-electron chi connectivity index (χ2n) is 5.03. The maximum Gasteiger partial charge on any atom is 0.220 e. The number of carbonyl (C=O) groups is 1. The monoisotopic (exact) mass is 242 g/mol. The first-order valence-corrected chi connectivity index (χ1v) is 6.34. The van der Waals surface area contributed by atoms with E-state index >= 15 is 0 Å². The van der Waals surface area contributed by atoms with E-state index in [1.54, 1.807) is 7.11 Å². The summed E-state index contributed by atoms with van der Waals surface area (Å²) in [4.78, 5) is 11.8. The molecule has 98 valence electrons. The lowest BCUT2D eigenvalue weighted by Gasteiger charge is -2.26. The van der Waals surface area contributed by atoms with Crippen LogP contribution in [-0.2, 0) is 14.3 Å². The summed E-state index contributed by atoms with van der Waals surface area (Å²) in [6.07, 6.45) is 2.58. The highest BCUT2D eigenvalue weighted by atomic mass is 16.5. The van der Waals surface area contributed by atoms with E-state index < -0.39 is 0 Å². The zero-order chi connectivity index (χ0) is 12.1. The first kappa shape index (κ1) is 12.8. The highest BCUT2D eigenvalue weighted by Gasteiger charge is 2.35. The standard InChI is InChI=1S/C12H22N2O3/c1-16-12(3-5-17-9-12)8-14-11(15)6-10-2-4-13-7-10/h10,13H,2-9H2,1H3,(H,14,15). The number of hydrogen-bond acceptors (Lipinski definition) is 4. The summed E-state index contributed by atoms with van der Waals surface area (Å²) in [6, 6.07) is 0. The van der Waals surface area contributed by atoms with Crippen LogP contribution in [0.4, 0.5) is 0 Å². The SMILES string of the molecule is COC1(CNC(=O)CC2CCNC2)CCOC1. The Morgan fingerprint density at radius 1 is 1.65 bits per heavy atom. The van der Waals surface area contributed by atoms with Crippen molar-refractivity contribution < 1.29 is 14.3 Å². The van der Waals surface area contributed by atoms with E-state index in [2.05, 4.69) is 10.6 Å². The van der Waals surface area contributed by atoms with Crippen molar-refractivity contribution >= 4 is 5.91 Å². The maximum absolute atomic E-state index is 11.8. The fourth-order valence-corrected chi connectivity index (χ4v) is 2.44. The van der Waals surface area contributed by atoms with Gasteiger partial charge in [-0.05, 0) is 25.4 Å². The van der Waals surface area contributed by atoms with Crippen molar-refractivity contribution in [3.63, 3.8) is 0 Å². The van der Waals surface area contributed by atoms with E-state index in [1.807, 2.05) is 0 Å². The molecule has 0 spiro atoms. The van der Waals surface area contributed by atoms with Gasteiger partial charge in [0.1, 0.15) is 5.60 Å². The van der Waals surface area contributed by atoms with Gasteiger partial charge in [-0.25, -0.2) is 0 Å². The normalized spacial score (nSPS) is 32.9. The minimum Gasteiger partial charge on any atom is -0.378 e. The number of rotatable bonds is 5. The van der Waals surface area contributed by atoms with E-state index in [9.17, 15) is 4.79 Å². The summed E-state index contributed by atoms with van der Waals surface area (Å²) in [6.45, 7) is 3.85. The number of amides is 1. The third kappa shape index (κ3) is 3.40. The van der Waals surface area contributed by atoms with Crippen molar-refractivity contribution in [3.8, 4) is 0 Å². The Kier molecular flexibility index (Phi) is 4.36. The minimum absolute atomic E-state index is 0.127. The lowest BCUT2D eigenvalue weighted by Crippen LogP contribution is -2.45. The van der Waals surface area contributed by atoms with Crippen molar-refractivity contribution in [1.29, 1.82) is 0 Å². The van der Waals surface area contributed by atoms with Gasteiger partial charge in [0.15, 0.2) is 0 Å². The Morgan fingerprint density at radius 2 is 2.53 bits per heavy atom. The first-order chi connectivity index (χ1) is 8.24. The largest absolute Gasteiger partial charge is 0.378 e. The molecule has 2 aliphatic heterocycles. The molecule has 0 aromatic carbocycles. The van der Waals surface area contributed by atoms with Gasteiger partial charge < -0.3 is 20.1 Å². The lowest BCUT2D eigenvalue weighted by atomic mass is 10.0. The molecule has 5 nitrogen and oxygen atoms in total. The van der Waals surface area contributed by atoms with Crippen molar-refractivity contribution in [2.45, 2.75) is 24.9 Å². The molecule has 2 atom stereocenters. The molecule has 2 fully saturated rings.